The Morgan fingerprint density at radius 2 is 2.06 bits per heavy atom. The third-order valence-electron chi connectivity index (χ3n) is 1.87. The molecular formula is C8H10N2O5S. The molecule has 88 valence electrons. The molecule has 0 amide bonds. The lowest BCUT2D eigenvalue weighted by Crippen LogP contribution is -2.23. The van der Waals surface area contributed by atoms with Gasteiger partial charge in [0.1, 0.15) is 0 Å². The largest absolute Gasteiger partial charge is 0.290 e. The van der Waals surface area contributed by atoms with Gasteiger partial charge in [0.25, 0.3) is 15.7 Å². The lowest BCUT2D eigenvalue weighted by atomic mass is 10.2. The second-order valence-electron chi connectivity index (χ2n) is 3.00. The first kappa shape index (κ1) is 12.6. The highest BCUT2D eigenvalue weighted by molar-refractivity contribution is 7.89. The molecule has 1 N–H and O–H groups in total. The van der Waals surface area contributed by atoms with E-state index in [1.165, 1.54) is 19.1 Å². The van der Waals surface area contributed by atoms with Crippen LogP contribution in [-0.2, 0) is 14.9 Å². The number of nitro benzene ring substituents is 1. The lowest BCUT2D eigenvalue weighted by molar-refractivity contribution is -0.385. The van der Waals surface area contributed by atoms with Crippen molar-refractivity contribution in [1.29, 1.82) is 0 Å². The molecule has 0 saturated heterocycles. The molecule has 0 aliphatic heterocycles. The summed E-state index contributed by atoms with van der Waals surface area (Å²) in [6.45, 7) is 1.54. The van der Waals surface area contributed by atoms with Crippen LogP contribution in [0.25, 0.3) is 0 Å². The third-order valence-corrected chi connectivity index (χ3v) is 3.27. The number of nitrogens with zero attached hydrogens (tertiary/aromatic N) is 1. The normalized spacial score (nSPS) is 11.4. The fourth-order valence-corrected chi connectivity index (χ4v) is 2.22. The van der Waals surface area contributed by atoms with Gasteiger partial charge in [-0.25, -0.2) is 8.42 Å². The van der Waals surface area contributed by atoms with E-state index in [4.69, 9.17) is 0 Å². The van der Waals surface area contributed by atoms with Gasteiger partial charge in [-0.1, -0.05) is 11.0 Å². The van der Waals surface area contributed by atoms with Crippen molar-refractivity contribution in [3.63, 3.8) is 0 Å². The number of nitro groups is 1. The summed E-state index contributed by atoms with van der Waals surface area (Å²) in [4.78, 5) is 15.8. The van der Waals surface area contributed by atoms with Gasteiger partial charge in [0.2, 0.25) is 0 Å². The van der Waals surface area contributed by atoms with E-state index < -0.39 is 14.9 Å². The Balaban J connectivity index is 3.33. The van der Waals surface area contributed by atoms with E-state index in [9.17, 15) is 18.5 Å². The van der Waals surface area contributed by atoms with Crippen LogP contribution >= 0.6 is 0 Å². The maximum absolute atomic E-state index is 11.6. The standard InChI is InChI=1S/C8H10N2O5S/c1-6-3-4-7(10(11)12)5-8(6)16(13,14)9-15-2/h3-5,9H,1-2H3. The van der Waals surface area contributed by atoms with E-state index in [-0.39, 0.29) is 10.6 Å². The summed E-state index contributed by atoms with van der Waals surface area (Å²) in [6, 6.07) is 3.58. The molecule has 0 spiro atoms. The molecule has 0 bridgehead atoms. The third kappa shape index (κ3) is 2.54. The Morgan fingerprint density at radius 1 is 1.44 bits per heavy atom. The van der Waals surface area contributed by atoms with Crippen LogP contribution in [0.4, 0.5) is 5.69 Å². The Labute approximate surface area is 92.2 Å². The molecule has 1 aromatic carbocycles. The summed E-state index contributed by atoms with van der Waals surface area (Å²) in [5.41, 5.74) is 0.109. The highest BCUT2D eigenvalue weighted by atomic mass is 32.2. The first-order valence-electron chi connectivity index (χ1n) is 4.18. The zero-order chi connectivity index (χ0) is 12.3. The molecule has 0 aromatic heterocycles. The van der Waals surface area contributed by atoms with Crippen molar-refractivity contribution in [2.45, 2.75) is 11.8 Å². The number of aryl methyl sites for hydroxylation is 1. The second-order valence-corrected chi connectivity index (χ2v) is 4.61. The summed E-state index contributed by atoms with van der Waals surface area (Å²) in [5.74, 6) is 0. The lowest BCUT2D eigenvalue weighted by Gasteiger charge is -2.06. The van der Waals surface area contributed by atoms with Crippen molar-refractivity contribution in [3.05, 3.63) is 33.9 Å². The molecule has 0 saturated carbocycles. The molecule has 0 atom stereocenters. The first-order valence-corrected chi connectivity index (χ1v) is 5.66. The van der Waals surface area contributed by atoms with Crippen LogP contribution in [0.5, 0.6) is 0 Å². The van der Waals surface area contributed by atoms with Gasteiger partial charge in [-0.2, -0.15) is 0 Å². The fraction of sp³-hybridized carbons (Fsp3) is 0.250. The van der Waals surface area contributed by atoms with Gasteiger partial charge in [-0.05, 0) is 12.5 Å². The van der Waals surface area contributed by atoms with E-state index in [2.05, 4.69) is 4.84 Å². The van der Waals surface area contributed by atoms with Crippen molar-refractivity contribution < 1.29 is 18.2 Å². The molecule has 1 aromatic rings. The zero-order valence-corrected chi connectivity index (χ0v) is 9.45. The number of hydrogen-bond acceptors (Lipinski definition) is 5. The van der Waals surface area contributed by atoms with Gasteiger partial charge in [-0.3, -0.25) is 15.0 Å². The van der Waals surface area contributed by atoms with Crippen LogP contribution in [0, 0.1) is 17.0 Å². The maximum atomic E-state index is 11.6. The van der Waals surface area contributed by atoms with Crippen LogP contribution in [-0.4, -0.2) is 20.5 Å². The van der Waals surface area contributed by atoms with Crippen molar-refractivity contribution in [2.75, 3.05) is 7.11 Å². The summed E-state index contributed by atoms with van der Waals surface area (Å²) in [7, 11) is -2.73. The van der Waals surface area contributed by atoms with Crippen molar-refractivity contribution in [1.82, 2.24) is 4.89 Å². The minimum absolute atomic E-state index is 0.177. The van der Waals surface area contributed by atoms with Gasteiger partial charge in [0, 0.05) is 12.1 Å². The number of hydrogen-bond donors (Lipinski definition) is 1. The van der Waals surface area contributed by atoms with Crippen molar-refractivity contribution in [3.8, 4) is 0 Å². The molecule has 1 rings (SSSR count). The molecule has 0 fully saturated rings. The smallest absolute Gasteiger partial charge is 0.270 e. The van der Waals surface area contributed by atoms with E-state index in [0.717, 1.165) is 13.2 Å². The molecule has 7 nitrogen and oxygen atoms in total. The summed E-state index contributed by atoms with van der Waals surface area (Å²) < 4.78 is 23.1. The number of nitrogens with one attached hydrogen (secondary N) is 1. The average Bonchev–Trinajstić information content (AvgIpc) is 2.17. The van der Waals surface area contributed by atoms with Crippen molar-refractivity contribution >= 4 is 15.7 Å². The molecule has 0 aliphatic rings. The van der Waals surface area contributed by atoms with Gasteiger partial charge < -0.3 is 0 Å². The van der Waals surface area contributed by atoms with Crippen molar-refractivity contribution in [2.24, 2.45) is 0 Å². The minimum atomic E-state index is -3.87. The quantitative estimate of drug-likeness (QED) is 0.624. The summed E-state index contributed by atoms with van der Waals surface area (Å²) in [5, 5.41) is 10.5. The number of benzene rings is 1. The molecule has 0 radical (unpaired) electrons. The Kier molecular flexibility index (Phi) is 3.58. The molecule has 16 heavy (non-hydrogen) atoms. The van der Waals surface area contributed by atoms with E-state index in [0.29, 0.717) is 5.56 Å². The van der Waals surface area contributed by atoms with Crippen LogP contribution in [0.15, 0.2) is 23.1 Å². The van der Waals surface area contributed by atoms with E-state index in [1.807, 2.05) is 0 Å². The zero-order valence-electron chi connectivity index (χ0n) is 8.63. The highest BCUT2D eigenvalue weighted by Crippen LogP contribution is 2.21. The molecule has 0 aliphatic carbocycles. The predicted octanol–water partition coefficient (Wildman–Crippen LogP) is 0.743. The SMILES string of the molecule is CONS(=O)(=O)c1cc([N+](=O)[O-])ccc1C. The molecule has 0 heterocycles. The van der Waals surface area contributed by atoms with Crippen LogP contribution < -0.4 is 4.89 Å². The van der Waals surface area contributed by atoms with E-state index >= 15 is 0 Å². The summed E-state index contributed by atoms with van der Waals surface area (Å²) >= 11 is 0. The van der Waals surface area contributed by atoms with Gasteiger partial charge in [-0.15, -0.1) is 0 Å². The summed E-state index contributed by atoms with van der Waals surface area (Å²) in [6.07, 6.45) is 0. The molecule has 8 heteroatoms. The highest BCUT2D eigenvalue weighted by Gasteiger charge is 2.20. The average molecular weight is 246 g/mol. The monoisotopic (exact) mass is 246 g/mol. The first-order chi connectivity index (χ1) is 7.38. The Bertz CT molecular complexity index is 511. The van der Waals surface area contributed by atoms with Gasteiger partial charge in [0.15, 0.2) is 0 Å². The number of non-ortho nitro benzene ring substituents is 1. The maximum Gasteiger partial charge on any atom is 0.270 e. The van der Waals surface area contributed by atoms with Crippen LogP contribution in [0.2, 0.25) is 0 Å². The van der Waals surface area contributed by atoms with Crippen LogP contribution in [0.1, 0.15) is 5.56 Å². The fourth-order valence-electron chi connectivity index (χ4n) is 1.15. The molecule has 0 unspecified atom stereocenters. The topological polar surface area (TPSA) is 98.5 Å². The van der Waals surface area contributed by atoms with Crippen LogP contribution in [0.3, 0.4) is 0 Å². The van der Waals surface area contributed by atoms with E-state index in [1.54, 1.807) is 4.89 Å². The Morgan fingerprint density at radius 3 is 2.56 bits per heavy atom. The second kappa shape index (κ2) is 4.56. The minimum Gasteiger partial charge on any atom is -0.290 e. The number of sulfonamides is 1. The number of rotatable bonds is 4. The van der Waals surface area contributed by atoms with Gasteiger partial charge in [0.05, 0.1) is 16.9 Å². The van der Waals surface area contributed by atoms with Gasteiger partial charge >= 0.3 is 0 Å². The Hall–Kier alpha value is -1.51. The predicted molar refractivity (Wildman–Crippen MR) is 55.2 cm³/mol. The molecular weight excluding hydrogens is 236 g/mol.